The van der Waals surface area contributed by atoms with Crippen LogP contribution in [0.25, 0.3) is 0 Å². The monoisotopic (exact) mass is 326 g/mol. The number of alkyl carbamates (subject to hydrolysis) is 1. The zero-order valence-electron chi connectivity index (χ0n) is 13.9. The number of anilines is 1. The minimum atomic E-state index is -0.588. The van der Waals surface area contributed by atoms with Crippen LogP contribution < -0.4 is 10.2 Å². The Balaban J connectivity index is 2.01. The first kappa shape index (κ1) is 17.4. The van der Waals surface area contributed by atoms with Gasteiger partial charge < -0.3 is 19.7 Å². The molecule has 1 aliphatic heterocycles. The van der Waals surface area contributed by atoms with E-state index in [0.717, 1.165) is 0 Å². The van der Waals surface area contributed by atoms with Crippen molar-refractivity contribution in [2.75, 3.05) is 25.1 Å². The van der Waals surface area contributed by atoms with E-state index < -0.39 is 17.6 Å². The van der Waals surface area contributed by atoms with Crippen LogP contribution >= 0.6 is 0 Å². The summed E-state index contributed by atoms with van der Waals surface area (Å²) in [7, 11) is 1.63. The predicted octanol–water partition coefficient (Wildman–Crippen LogP) is 1.73. The average molecular weight is 326 g/mol. The lowest BCUT2D eigenvalue weighted by molar-refractivity contribution is 0.0522. The number of nitrogens with one attached hydrogen (secondary N) is 1. The van der Waals surface area contributed by atoms with E-state index in [1.54, 1.807) is 27.9 Å². The molecule has 0 radical (unpaired) electrons. The number of hydrogen-bond donors (Lipinski definition) is 1. The summed E-state index contributed by atoms with van der Waals surface area (Å²) in [6.45, 7) is 6.35. The number of rotatable bonds is 4. The lowest BCUT2D eigenvalue weighted by Crippen LogP contribution is -2.42. The van der Waals surface area contributed by atoms with Crippen molar-refractivity contribution < 1.29 is 18.7 Å². The van der Waals surface area contributed by atoms with E-state index in [1.807, 2.05) is 4.90 Å². The van der Waals surface area contributed by atoms with Gasteiger partial charge in [-0.15, -0.1) is 0 Å². The van der Waals surface area contributed by atoms with E-state index in [9.17, 15) is 9.18 Å². The van der Waals surface area contributed by atoms with Gasteiger partial charge in [0.25, 0.3) is 0 Å². The quantitative estimate of drug-likeness (QED) is 0.849. The van der Waals surface area contributed by atoms with Crippen LogP contribution in [0, 0.1) is 5.95 Å². The maximum atomic E-state index is 13.3. The standard InChI is InChI=1S/C15H23FN4O3/c1-15(2,3)23-14(21)17-7-10-5-11(22-4)8-20(10)13-6-12(16)18-9-19-13/h6,9-11H,5,7-8H2,1-4H3,(H,17,21). The predicted molar refractivity (Wildman–Crippen MR) is 82.8 cm³/mol. The molecule has 2 heterocycles. The van der Waals surface area contributed by atoms with E-state index >= 15 is 0 Å². The fourth-order valence-corrected chi connectivity index (χ4v) is 2.52. The van der Waals surface area contributed by atoms with E-state index in [1.165, 1.54) is 12.4 Å². The Bertz CT molecular complexity index is 550. The Hall–Kier alpha value is -1.96. The van der Waals surface area contributed by atoms with Crippen LogP contribution in [0.3, 0.4) is 0 Å². The van der Waals surface area contributed by atoms with E-state index in [0.29, 0.717) is 25.3 Å². The van der Waals surface area contributed by atoms with Crippen molar-refractivity contribution in [2.24, 2.45) is 0 Å². The minimum absolute atomic E-state index is 0.00142. The van der Waals surface area contributed by atoms with Crippen LogP contribution in [-0.4, -0.2) is 54.0 Å². The third kappa shape index (κ3) is 5.02. The van der Waals surface area contributed by atoms with Crippen molar-refractivity contribution in [3.05, 3.63) is 18.3 Å². The first-order chi connectivity index (χ1) is 10.8. The van der Waals surface area contributed by atoms with Gasteiger partial charge in [0.05, 0.1) is 12.1 Å². The summed E-state index contributed by atoms with van der Waals surface area (Å²) in [6.07, 6.45) is 1.41. The van der Waals surface area contributed by atoms with Crippen molar-refractivity contribution in [3.63, 3.8) is 0 Å². The number of amides is 1. The average Bonchev–Trinajstić information content (AvgIpc) is 2.86. The SMILES string of the molecule is COC1CC(CNC(=O)OC(C)(C)C)N(c2cc(F)ncn2)C1. The summed E-state index contributed by atoms with van der Waals surface area (Å²) < 4.78 is 23.9. The second kappa shape index (κ2) is 7.08. The summed E-state index contributed by atoms with van der Waals surface area (Å²) in [5.41, 5.74) is -0.551. The molecule has 1 aromatic rings. The van der Waals surface area contributed by atoms with Crippen molar-refractivity contribution in [3.8, 4) is 0 Å². The number of nitrogens with zero attached hydrogens (tertiary/aromatic N) is 3. The molecule has 2 unspecified atom stereocenters. The van der Waals surface area contributed by atoms with E-state index in [4.69, 9.17) is 9.47 Å². The van der Waals surface area contributed by atoms with Crippen LogP contribution in [0.2, 0.25) is 0 Å². The molecule has 2 rings (SSSR count). The second-order valence-electron chi connectivity index (χ2n) is 6.48. The first-order valence-corrected chi connectivity index (χ1v) is 7.52. The van der Waals surface area contributed by atoms with Crippen LogP contribution in [0.5, 0.6) is 0 Å². The Morgan fingerprint density at radius 2 is 2.22 bits per heavy atom. The number of ether oxygens (including phenoxy) is 2. The van der Waals surface area contributed by atoms with Gasteiger partial charge in [-0.3, -0.25) is 0 Å². The number of carbonyl (C=O) groups is 1. The van der Waals surface area contributed by atoms with Gasteiger partial charge in [-0.25, -0.2) is 14.8 Å². The highest BCUT2D eigenvalue weighted by Crippen LogP contribution is 2.25. The Morgan fingerprint density at radius 3 is 2.83 bits per heavy atom. The minimum Gasteiger partial charge on any atom is -0.444 e. The molecule has 0 saturated carbocycles. The summed E-state index contributed by atoms with van der Waals surface area (Å²) in [5, 5.41) is 2.74. The molecule has 128 valence electrons. The summed E-state index contributed by atoms with van der Waals surface area (Å²) in [4.78, 5) is 21.3. The zero-order valence-corrected chi connectivity index (χ0v) is 13.9. The Kier molecular flexibility index (Phi) is 5.35. The molecule has 2 atom stereocenters. The molecule has 1 N–H and O–H groups in total. The molecule has 1 saturated heterocycles. The first-order valence-electron chi connectivity index (χ1n) is 7.52. The molecule has 0 spiro atoms. The van der Waals surface area contributed by atoms with Crippen LogP contribution in [-0.2, 0) is 9.47 Å². The number of halogens is 1. The third-order valence-corrected chi connectivity index (χ3v) is 3.50. The second-order valence-corrected chi connectivity index (χ2v) is 6.48. The maximum absolute atomic E-state index is 13.3. The molecule has 1 fully saturated rings. The van der Waals surface area contributed by atoms with Gasteiger partial charge >= 0.3 is 6.09 Å². The van der Waals surface area contributed by atoms with Gasteiger partial charge in [0.1, 0.15) is 17.7 Å². The molecule has 8 heteroatoms. The molecule has 1 aliphatic rings. The molecule has 1 amide bonds. The molecule has 7 nitrogen and oxygen atoms in total. The molecular weight excluding hydrogens is 303 g/mol. The Labute approximate surface area is 135 Å². The molecule has 23 heavy (non-hydrogen) atoms. The smallest absolute Gasteiger partial charge is 0.407 e. The molecule has 0 bridgehead atoms. The third-order valence-electron chi connectivity index (χ3n) is 3.50. The van der Waals surface area contributed by atoms with Gasteiger partial charge in [-0.2, -0.15) is 4.39 Å². The van der Waals surface area contributed by atoms with Gasteiger partial charge in [-0.05, 0) is 27.2 Å². The van der Waals surface area contributed by atoms with Gasteiger partial charge in [0.2, 0.25) is 5.95 Å². The van der Waals surface area contributed by atoms with Crippen molar-refractivity contribution in [1.82, 2.24) is 15.3 Å². The molecule has 0 aromatic carbocycles. The van der Waals surface area contributed by atoms with Crippen molar-refractivity contribution in [1.29, 1.82) is 0 Å². The van der Waals surface area contributed by atoms with Crippen LogP contribution in [0.15, 0.2) is 12.4 Å². The Morgan fingerprint density at radius 1 is 1.48 bits per heavy atom. The van der Waals surface area contributed by atoms with Gasteiger partial charge in [0.15, 0.2) is 0 Å². The highest BCUT2D eigenvalue weighted by Gasteiger charge is 2.33. The van der Waals surface area contributed by atoms with E-state index in [2.05, 4.69) is 15.3 Å². The normalized spacial score (nSPS) is 21.3. The number of hydrogen-bond acceptors (Lipinski definition) is 6. The lowest BCUT2D eigenvalue weighted by Gasteiger charge is -2.26. The maximum Gasteiger partial charge on any atom is 0.407 e. The number of carbonyl (C=O) groups excluding carboxylic acids is 1. The fourth-order valence-electron chi connectivity index (χ4n) is 2.52. The summed E-state index contributed by atoms with van der Waals surface area (Å²) in [5.74, 6) is -0.109. The topological polar surface area (TPSA) is 76.6 Å². The number of methoxy groups -OCH3 is 1. The highest BCUT2D eigenvalue weighted by molar-refractivity contribution is 5.67. The largest absolute Gasteiger partial charge is 0.444 e. The van der Waals surface area contributed by atoms with Gasteiger partial charge in [0, 0.05) is 26.3 Å². The zero-order chi connectivity index (χ0) is 17.0. The van der Waals surface area contributed by atoms with E-state index in [-0.39, 0.29) is 12.1 Å². The number of aromatic nitrogens is 2. The van der Waals surface area contributed by atoms with Crippen LogP contribution in [0.1, 0.15) is 27.2 Å². The highest BCUT2D eigenvalue weighted by atomic mass is 19.1. The molecular formula is C15H23FN4O3. The van der Waals surface area contributed by atoms with Crippen LogP contribution in [0.4, 0.5) is 15.0 Å². The van der Waals surface area contributed by atoms with Crippen molar-refractivity contribution in [2.45, 2.75) is 44.9 Å². The summed E-state index contributed by atoms with van der Waals surface area (Å²) in [6, 6.07) is 1.22. The fraction of sp³-hybridized carbons (Fsp3) is 0.667. The summed E-state index contributed by atoms with van der Waals surface area (Å²) >= 11 is 0. The van der Waals surface area contributed by atoms with Crippen molar-refractivity contribution >= 4 is 11.9 Å². The van der Waals surface area contributed by atoms with Gasteiger partial charge in [-0.1, -0.05) is 0 Å². The molecule has 0 aliphatic carbocycles. The lowest BCUT2D eigenvalue weighted by atomic mass is 10.2. The molecule has 1 aromatic heterocycles.